The SMILES string of the molecule is O=[N+]([O-])C1=Cc2cc3ccc(cc4nc(cc5c(-c6ccccc6)c([N+](=O)[O-])c(c([N+](=O)[O-])c1n2)n5[N+](=O)[O-])C=C4)[nH]3. The first-order valence-electron chi connectivity index (χ1n) is 12.0. The normalized spacial score (nSPS) is 12.1. The van der Waals surface area contributed by atoms with Crippen LogP contribution in [0, 0.1) is 40.5 Å². The van der Waals surface area contributed by atoms with Crippen molar-refractivity contribution in [3.8, 4) is 11.1 Å². The van der Waals surface area contributed by atoms with Gasteiger partial charge in [0.2, 0.25) is 5.69 Å². The van der Waals surface area contributed by atoms with Crippen molar-refractivity contribution in [3.05, 3.63) is 124 Å². The average Bonchev–Trinajstić information content (AvgIpc) is 3.71. The Kier molecular flexibility index (Phi) is 5.85. The van der Waals surface area contributed by atoms with E-state index in [0.717, 1.165) is 6.08 Å². The summed E-state index contributed by atoms with van der Waals surface area (Å²) in [4.78, 5) is 58.2. The van der Waals surface area contributed by atoms with Gasteiger partial charge in [0.15, 0.2) is 5.03 Å². The van der Waals surface area contributed by atoms with Gasteiger partial charge in [-0.25, -0.2) is 20.1 Å². The van der Waals surface area contributed by atoms with Crippen LogP contribution in [0.2, 0.25) is 0 Å². The first-order chi connectivity index (χ1) is 20.1. The summed E-state index contributed by atoms with van der Waals surface area (Å²) in [6.07, 6.45) is 4.08. The smallest absolute Gasteiger partial charge is 0.338 e. The van der Waals surface area contributed by atoms with Crippen LogP contribution in [0.25, 0.3) is 57.1 Å². The quantitative estimate of drug-likeness (QED) is 0.215. The topological polar surface area (TPSA) is 219 Å². The molecule has 0 fully saturated rings. The number of aromatic amines is 1. The number of rotatable bonds is 5. The largest absolute Gasteiger partial charge is 0.355 e. The minimum Gasteiger partial charge on any atom is -0.355 e. The van der Waals surface area contributed by atoms with E-state index >= 15 is 0 Å². The number of nitrogens with one attached hydrogen (secondary N) is 1. The maximum atomic E-state index is 12.6. The summed E-state index contributed by atoms with van der Waals surface area (Å²) in [5, 5.41) is 48.7. The molecule has 0 saturated heterocycles. The molecular formula is C26H14N8O8. The van der Waals surface area contributed by atoms with Crippen molar-refractivity contribution in [2.24, 2.45) is 0 Å². The van der Waals surface area contributed by atoms with E-state index in [1.54, 1.807) is 30.3 Å². The molecule has 0 atom stereocenters. The Balaban J connectivity index is 1.98. The maximum absolute atomic E-state index is 12.6. The van der Waals surface area contributed by atoms with Crippen LogP contribution in [0.1, 0.15) is 22.8 Å². The molecule has 0 radical (unpaired) electrons. The number of hydrogen-bond acceptors (Lipinski definition) is 10. The molecule has 6 rings (SSSR count). The molecule has 206 valence electrons. The highest BCUT2D eigenvalue weighted by Gasteiger charge is 2.42. The number of H-pyrrole nitrogens is 1. The van der Waals surface area contributed by atoms with Crippen LogP contribution in [-0.2, 0) is 0 Å². The van der Waals surface area contributed by atoms with E-state index in [2.05, 4.69) is 15.0 Å². The Labute approximate surface area is 232 Å². The van der Waals surface area contributed by atoms with Gasteiger partial charge in [0.05, 0.1) is 37.4 Å². The predicted octanol–water partition coefficient (Wildman–Crippen LogP) is 5.26. The van der Waals surface area contributed by atoms with Gasteiger partial charge in [-0.2, -0.15) is 0 Å². The molecule has 4 aromatic rings. The molecule has 2 aliphatic rings. The molecule has 16 nitrogen and oxygen atoms in total. The number of fused-ring (bicyclic) bond motifs is 8. The average molecular weight is 566 g/mol. The molecule has 2 aliphatic heterocycles. The summed E-state index contributed by atoms with van der Waals surface area (Å²) in [7, 11) is 0. The Morgan fingerprint density at radius 2 is 1.31 bits per heavy atom. The van der Waals surface area contributed by atoms with Gasteiger partial charge in [-0.05, 0) is 52.7 Å². The van der Waals surface area contributed by atoms with Crippen LogP contribution in [0.4, 0.5) is 11.4 Å². The van der Waals surface area contributed by atoms with Crippen LogP contribution in [0.15, 0.2) is 60.7 Å². The number of hydrogen-bond donors (Lipinski definition) is 1. The van der Waals surface area contributed by atoms with E-state index in [1.807, 2.05) is 0 Å². The lowest BCUT2D eigenvalue weighted by molar-refractivity contribution is -0.534. The fourth-order valence-corrected chi connectivity index (χ4v) is 4.86. The molecule has 16 heteroatoms. The first-order valence-corrected chi connectivity index (χ1v) is 12.0. The lowest BCUT2D eigenvalue weighted by Gasteiger charge is -1.98. The van der Waals surface area contributed by atoms with E-state index < -0.39 is 53.6 Å². The molecule has 0 saturated carbocycles. The molecule has 0 unspecified atom stereocenters. The molecule has 0 aliphatic carbocycles. The van der Waals surface area contributed by atoms with Gasteiger partial charge in [0.25, 0.3) is 5.52 Å². The molecule has 8 bridgehead atoms. The molecule has 3 aromatic heterocycles. The first kappa shape index (κ1) is 25.7. The highest BCUT2D eigenvalue weighted by Crippen LogP contribution is 2.45. The molecule has 42 heavy (non-hydrogen) atoms. The van der Waals surface area contributed by atoms with Crippen molar-refractivity contribution in [1.29, 1.82) is 0 Å². The van der Waals surface area contributed by atoms with E-state index in [0.29, 0.717) is 16.7 Å². The van der Waals surface area contributed by atoms with Gasteiger partial charge in [-0.3, -0.25) is 30.3 Å². The van der Waals surface area contributed by atoms with Crippen molar-refractivity contribution in [3.63, 3.8) is 0 Å². The summed E-state index contributed by atoms with van der Waals surface area (Å²) in [6.45, 7) is 0. The van der Waals surface area contributed by atoms with Crippen molar-refractivity contribution < 1.29 is 19.8 Å². The van der Waals surface area contributed by atoms with Gasteiger partial charge in [-0.1, -0.05) is 30.3 Å². The summed E-state index contributed by atoms with van der Waals surface area (Å²) in [6, 6.07) is 15.1. The minimum atomic E-state index is -1.29. The van der Waals surface area contributed by atoms with Crippen LogP contribution in [-0.4, -0.2) is 39.4 Å². The molecule has 0 spiro atoms. The van der Waals surface area contributed by atoms with Crippen molar-refractivity contribution in [2.75, 3.05) is 0 Å². The van der Waals surface area contributed by atoms with Crippen LogP contribution in [0.3, 0.4) is 0 Å². The van der Waals surface area contributed by atoms with Crippen molar-refractivity contribution in [1.82, 2.24) is 19.6 Å². The highest BCUT2D eigenvalue weighted by molar-refractivity contribution is 6.02. The highest BCUT2D eigenvalue weighted by atomic mass is 16.7. The van der Waals surface area contributed by atoms with Gasteiger partial charge < -0.3 is 4.98 Å². The fourth-order valence-electron chi connectivity index (χ4n) is 4.86. The second-order valence-electron chi connectivity index (χ2n) is 9.00. The minimum absolute atomic E-state index is 0.0952. The zero-order chi connectivity index (χ0) is 29.7. The Hall–Kier alpha value is -6.58. The monoisotopic (exact) mass is 566 g/mol. The molecule has 0 amide bonds. The van der Waals surface area contributed by atoms with Gasteiger partial charge in [-0.15, -0.1) is 0 Å². The zero-order valence-corrected chi connectivity index (χ0v) is 20.9. The van der Waals surface area contributed by atoms with Crippen LogP contribution < -0.4 is 0 Å². The van der Waals surface area contributed by atoms with Crippen molar-refractivity contribution in [2.45, 2.75) is 0 Å². The summed E-state index contributed by atoms with van der Waals surface area (Å²) >= 11 is 0. The third-order valence-electron chi connectivity index (χ3n) is 6.47. The predicted molar refractivity (Wildman–Crippen MR) is 150 cm³/mol. The third-order valence-corrected chi connectivity index (χ3v) is 6.47. The second-order valence-corrected chi connectivity index (χ2v) is 9.00. The Morgan fingerprint density at radius 3 is 1.90 bits per heavy atom. The molecular weight excluding hydrogens is 552 g/mol. The maximum Gasteiger partial charge on any atom is 0.338 e. The number of nitro groups is 4. The summed E-state index contributed by atoms with van der Waals surface area (Å²) < 4.78 is 0.181. The fraction of sp³-hybridized carbons (Fsp3) is 0. The zero-order valence-electron chi connectivity index (χ0n) is 20.9. The standard InChI is InChI=1S/C26H14N8O8/c35-31(36)21-13-19-11-17-7-6-15(27-17)10-16-8-9-18(28-16)12-20-22(14-4-2-1-3-5-14)24(32(37)38)26(30(20)34(41)42)25(33(39)40)23(21)29-19/h1-13,27H. The second kappa shape index (κ2) is 9.56. The lowest BCUT2D eigenvalue weighted by Crippen LogP contribution is -2.10. The van der Waals surface area contributed by atoms with E-state index in [-0.39, 0.29) is 27.2 Å². The van der Waals surface area contributed by atoms with Gasteiger partial charge >= 0.3 is 17.1 Å². The summed E-state index contributed by atoms with van der Waals surface area (Å²) in [5.41, 5.74) is -4.20. The van der Waals surface area contributed by atoms with E-state index in [4.69, 9.17) is 0 Å². The number of benzene rings is 1. The van der Waals surface area contributed by atoms with E-state index in [9.17, 15) is 40.5 Å². The van der Waals surface area contributed by atoms with Crippen LogP contribution >= 0.6 is 0 Å². The van der Waals surface area contributed by atoms with Gasteiger partial charge in [0.1, 0.15) is 5.52 Å². The van der Waals surface area contributed by atoms with Crippen LogP contribution in [0.5, 0.6) is 0 Å². The molecule has 5 heterocycles. The number of aromatic nitrogens is 4. The summed E-state index contributed by atoms with van der Waals surface area (Å²) in [5.74, 6) is 0. The van der Waals surface area contributed by atoms with Gasteiger partial charge in [0, 0.05) is 17.1 Å². The van der Waals surface area contributed by atoms with E-state index in [1.165, 1.54) is 42.5 Å². The Morgan fingerprint density at radius 1 is 0.690 bits per heavy atom. The molecule has 1 N–H and O–H groups in total. The Bertz CT molecular complexity index is 2110. The third kappa shape index (κ3) is 4.20. The number of nitrogens with zero attached hydrogens (tertiary/aromatic N) is 7. The molecule has 1 aromatic carbocycles. The lowest BCUT2D eigenvalue weighted by atomic mass is 10.0. The van der Waals surface area contributed by atoms with Crippen molar-refractivity contribution >= 4 is 57.4 Å².